The molecular formula is C14H13F3N4. The first-order chi connectivity index (χ1) is 9.91. The molecule has 21 heavy (non-hydrogen) atoms. The van der Waals surface area contributed by atoms with Gasteiger partial charge in [0.05, 0.1) is 0 Å². The van der Waals surface area contributed by atoms with Gasteiger partial charge in [-0.3, -0.25) is 0 Å². The van der Waals surface area contributed by atoms with Gasteiger partial charge in [-0.25, -0.2) is 9.97 Å². The van der Waals surface area contributed by atoms with Crippen molar-refractivity contribution in [3.05, 3.63) is 41.2 Å². The summed E-state index contributed by atoms with van der Waals surface area (Å²) in [5, 5.41) is 2.86. The molecule has 0 saturated heterocycles. The molecule has 110 valence electrons. The van der Waals surface area contributed by atoms with Crippen molar-refractivity contribution in [1.29, 1.82) is 0 Å². The van der Waals surface area contributed by atoms with Crippen molar-refractivity contribution in [2.75, 3.05) is 11.1 Å². The van der Waals surface area contributed by atoms with E-state index in [4.69, 9.17) is 5.73 Å². The lowest BCUT2D eigenvalue weighted by Gasteiger charge is -2.11. The van der Waals surface area contributed by atoms with Crippen molar-refractivity contribution in [1.82, 2.24) is 9.97 Å². The topological polar surface area (TPSA) is 63.8 Å². The molecule has 3 rings (SSSR count). The van der Waals surface area contributed by atoms with Crippen molar-refractivity contribution >= 4 is 17.3 Å². The van der Waals surface area contributed by atoms with Crippen molar-refractivity contribution < 1.29 is 13.2 Å². The maximum Gasteiger partial charge on any atom is 0.451 e. The van der Waals surface area contributed by atoms with Crippen molar-refractivity contribution in [2.24, 2.45) is 0 Å². The van der Waals surface area contributed by atoms with Crippen LogP contribution in [0, 0.1) is 0 Å². The summed E-state index contributed by atoms with van der Waals surface area (Å²) in [5.74, 6) is -1.43. The van der Waals surface area contributed by atoms with Gasteiger partial charge < -0.3 is 11.1 Å². The standard InChI is InChI=1S/C14H13F3N4/c15-14(16,17)13-20-11(18)7-12(21-13)19-10-5-4-8-2-1-3-9(8)6-10/h4-7H,1-3H2,(H3,18,19,20,21). The Morgan fingerprint density at radius 2 is 1.81 bits per heavy atom. The molecule has 0 atom stereocenters. The molecule has 1 aliphatic rings. The number of nitrogens with zero attached hydrogens (tertiary/aromatic N) is 2. The second kappa shape index (κ2) is 4.91. The van der Waals surface area contributed by atoms with E-state index in [1.54, 1.807) is 0 Å². The lowest BCUT2D eigenvalue weighted by Crippen LogP contribution is -2.13. The minimum Gasteiger partial charge on any atom is -0.384 e. The molecule has 0 spiro atoms. The van der Waals surface area contributed by atoms with Gasteiger partial charge in [0.25, 0.3) is 0 Å². The Balaban J connectivity index is 1.89. The van der Waals surface area contributed by atoms with Gasteiger partial charge in [0.2, 0.25) is 5.82 Å². The Morgan fingerprint density at radius 1 is 1.05 bits per heavy atom. The summed E-state index contributed by atoms with van der Waals surface area (Å²) >= 11 is 0. The van der Waals surface area contributed by atoms with Gasteiger partial charge in [-0.1, -0.05) is 6.07 Å². The Labute approximate surface area is 119 Å². The quantitative estimate of drug-likeness (QED) is 0.892. The monoisotopic (exact) mass is 294 g/mol. The fourth-order valence-corrected chi connectivity index (χ4v) is 2.45. The number of hydrogen-bond acceptors (Lipinski definition) is 4. The number of nitrogen functional groups attached to an aromatic ring is 1. The fourth-order valence-electron chi connectivity index (χ4n) is 2.45. The first-order valence-corrected chi connectivity index (χ1v) is 6.52. The van der Waals surface area contributed by atoms with Gasteiger partial charge in [-0.05, 0) is 42.5 Å². The van der Waals surface area contributed by atoms with E-state index < -0.39 is 12.0 Å². The third-order valence-corrected chi connectivity index (χ3v) is 3.37. The van der Waals surface area contributed by atoms with Crippen LogP contribution in [0.15, 0.2) is 24.3 Å². The van der Waals surface area contributed by atoms with Gasteiger partial charge in [-0.2, -0.15) is 13.2 Å². The highest BCUT2D eigenvalue weighted by Gasteiger charge is 2.35. The summed E-state index contributed by atoms with van der Waals surface area (Å²) in [6, 6.07) is 7.03. The molecule has 1 aromatic heterocycles. The van der Waals surface area contributed by atoms with Gasteiger partial charge >= 0.3 is 6.18 Å². The summed E-state index contributed by atoms with van der Waals surface area (Å²) in [4.78, 5) is 6.67. The number of nitrogens with two attached hydrogens (primary N) is 1. The maximum absolute atomic E-state index is 12.7. The molecule has 0 bridgehead atoms. The minimum atomic E-state index is -4.62. The normalized spacial score (nSPS) is 14.0. The SMILES string of the molecule is Nc1cc(Nc2ccc3c(c2)CCC3)nc(C(F)(F)F)n1. The molecule has 0 saturated carbocycles. The van der Waals surface area contributed by atoms with Crippen molar-refractivity contribution in [3.63, 3.8) is 0 Å². The van der Waals surface area contributed by atoms with E-state index in [0.29, 0.717) is 5.69 Å². The van der Waals surface area contributed by atoms with Crippen LogP contribution in [-0.2, 0) is 19.0 Å². The average molecular weight is 294 g/mol. The van der Waals surface area contributed by atoms with Crippen molar-refractivity contribution in [3.8, 4) is 0 Å². The first-order valence-electron chi connectivity index (χ1n) is 6.52. The van der Waals surface area contributed by atoms with Crippen LogP contribution in [0.25, 0.3) is 0 Å². The molecule has 0 fully saturated rings. The number of hydrogen-bond donors (Lipinski definition) is 2. The minimum absolute atomic E-state index is 0.0350. The number of nitrogens with one attached hydrogen (secondary N) is 1. The van der Waals surface area contributed by atoms with E-state index in [1.165, 1.54) is 17.2 Å². The summed E-state index contributed by atoms with van der Waals surface area (Å²) in [5.41, 5.74) is 8.62. The van der Waals surface area contributed by atoms with Crippen LogP contribution in [0.4, 0.5) is 30.5 Å². The molecule has 4 nitrogen and oxygen atoms in total. The van der Waals surface area contributed by atoms with Gasteiger partial charge in [0.15, 0.2) is 0 Å². The molecule has 0 aliphatic heterocycles. The number of halogens is 3. The van der Waals surface area contributed by atoms with Crippen LogP contribution in [0.2, 0.25) is 0 Å². The average Bonchev–Trinajstić information content (AvgIpc) is 2.84. The van der Waals surface area contributed by atoms with E-state index in [1.807, 2.05) is 18.2 Å². The molecule has 0 amide bonds. The summed E-state index contributed by atoms with van der Waals surface area (Å²) in [6.45, 7) is 0. The Morgan fingerprint density at radius 3 is 2.57 bits per heavy atom. The highest BCUT2D eigenvalue weighted by atomic mass is 19.4. The second-order valence-electron chi connectivity index (χ2n) is 4.96. The number of aryl methyl sites for hydroxylation is 2. The van der Waals surface area contributed by atoms with E-state index >= 15 is 0 Å². The van der Waals surface area contributed by atoms with Crippen LogP contribution >= 0.6 is 0 Å². The molecule has 0 unspecified atom stereocenters. The Bertz CT molecular complexity index is 682. The molecule has 7 heteroatoms. The molecule has 1 aliphatic carbocycles. The summed E-state index contributed by atoms with van der Waals surface area (Å²) < 4.78 is 38.0. The van der Waals surface area contributed by atoms with Crippen LogP contribution in [0.1, 0.15) is 23.4 Å². The van der Waals surface area contributed by atoms with E-state index in [2.05, 4.69) is 15.3 Å². The maximum atomic E-state index is 12.7. The van der Waals surface area contributed by atoms with Gasteiger partial charge in [-0.15, -0.1) is 0 Å². The third kappa shape index (κ3) is 2.91. The number of anilines is 3. The van der Waals surface area contributed by atoms with Crippen LogP contribution in [0.5, 0.6) is 0 Å². The van der Waals surface area contributed by atoms with Crippen molar-refractivity contribution in [2.45, 2.75) is 25.4 Å². The van der Waals surface area contributed by atoms with Gasteiger partial charge in [0, 0.05) is 11.8 Å². The first kappa shape index (κ1) is 13.7. The number of benzene rings is 1. The van der Waals surface area contributed by atoms with E-state index in [9.17, 15) is 13.2 Å². The molecular weight excluding hydrogens is 281 g/mol. The number of aromatic nitrogens is 2. The van der Waals surface area contributed by atoms with E-state index in [0.717, 1.165) is 19.3 Å². The summed E-state index contributed by atoms with van der Waals surface area (Å²) in [6.07, 6.45) is -1.47. The summed E-state index contributed by atoms with van der Waals surface area (Å²) in [7, 11) is 0. The molecule has 0 radical (unpaired) electrons. The Hall–Kier alpha value is -2.31. The number of rotatable bonds is 2. The van der Waals surface area contributed by atoms with Crippen LogP contribution < -0.4 is 11.1 Å². The lowest BCUT2D eigenvalue weighted by molar-refractivity contribution is -0.144. The van der Waals surface area contributed by atoms with Gasteiger partial charge in [0.1, 0.15) is 11.6 Å². The number of alkyl halides is 3. The van der Waals surface area contributed by atoms with Crippen LogP contribution in [0.3, 0.4) is 0 Å². The van der Waals surface area contributed by atoms with Crippen LogP contribution in [-0.4, -0.2) is 9.97 Å². The largest absolute Gasteiger partial charge is 0.451 e. The zero-order valence-corrected chi connectivity index (χ0v) is 11.0. The predicted molar refractivity (Wildman–Crippen MR) is 73.2 cm³/mol. The molecule has 3 N–H and O–H groups in total. The smallest absolute Gasteiger partial charge is 0.384 e. The third-order valence-electron chi connectivity index (χ3n) is 3.37. The molecule has 2 aromatic rings. The van der Waals surface area contributed by atoms with E-state index in [-0.39, 0.29) is 11.6 Å². The zero-order valence-electron chi connectivity index (χ0n) is 11.0. The zero-order chi connectivity index (χ0) is 15.0. The molecule has 1 heterocycles. The number of fused-ring (bicyclic) bond motifs is 1. The fraction of sp³-hybridized carbons (Fsp3) is 0.286. The second-order valence-corrected chi connectivity index (χ2v) is 4.96. The molecule has 1 aromatic carbocycles. The predicted octanol–water partition coefficient (Wildman–Crippen LogP) is 3.31. The highest BCUT2D eigenvalue weighted by Crippen LogP contribution is 2.30. The lowest BCUT2D eigenvalue weighted by atomic mass is 10.1. The highest BCUT2D eigenvalue weighted by molar-refractivity contribution is 5.60. The Kier molecular flexibility index (Phi) is 3.19.